The van der Waals surface area contributed by atoms with Crippen LogP contribution in [0.1, 0.15) is 19.3 Å². The fraction of sp³-hybridized carbons (Fsp3) is 0.545. The molecule has 1 atom stereocenters. The number of likely N-dealkylation sites (N-methyl/N-ethyl adjacent to an activating group) is 1. The van der Waals surface area contributed by atoms with Crippen LogP contribution in [0.3, 0.4) is 0 Å². The minimum atomic E-state index is -0.131. The van der Waals surface area contributed by atoms with E-state index in [0.29, 0.717) is 5.95 Å². The molecular weight excluding hydrogens is 331 g/mol. The Morgan fingerprint density at radius 3 is 2.82 bits per heavy atom. The first-order chi connectivity index (χ1) is 8.22. The van der Waals surface area contributed by atoms with Crippen LogP contribution in [-0.2, 0) is 4.79 Å². The van der Waals surface area contributed by atoms with Crippen molar-refractivity contribution in [3.05, 3.63) is 16.0 Å². The SMILES string of the molecule is CNC(=O)C1CCCCN1c1ncc(I)cn1. The summed E-state index contributed by atoms with van der Waals surface area (Å²) in [4.78, 5) is 22.4. The molecule has 0 radical (unpaired) electrons. The van der Waals surface area contributed by atoms with E-state index in [4.69, 9.17) is 0 Å². The zero-order valence-corrected chi connectivity index (χ0v) is 11.8. The predicted molar refractivity (Wildman–Crippen MR) is 73.8 cm³/mol. The number of amides is 1. The third kappa shape index (κ3) is 2.85. The van der Waals surface area contributed by atoms with Crippen LogP contribution < -0.4 is 10.2 Å². The molecule has 5 nitrogen and oxygen atoms in total. The lowest BCUT2D eigenvalue weighted by Gasteiger charge is -2.34. The first-order valence-corrected chi connectivity index (χ1v) is 6.76. The molecule has 0 aliphatic carbocycles. The molecule has 1 aliphatic heterocycles. The molecule has 1 aromatic heterocycles. The maximum absolute atomic E-state index is 11.8. The lowest BCUT2D eigenvalue weighted by molar-refractivity contribution is -0.122. The standard InChI is InChI=1S/C11H15IN4O/c1-13-10(17)9-4-2-3-5-16(9)11-14-6-8(12)7-15-11/h6-7,9H,2-5H2,1H3,(H,13,17). The van der Waals surface area contributed by atoms with E-state index in [9.17, 15) is 4.79 Å². The Morgan fingerprint density at radius 1 is 1.47 bits per heavy atom. The predicted octanol–water partition coefficient (Wildman–Crippen LogP) is 1.19. The average molecular weight is 346 g/mol. The molecule has 6 heteroatoms. The van der Waals surface area contributed by atoms with E-state index in [1.54, 1.807) is 19.4 Å². The van der Waals surface area contributed by atoms with Gasteiger partial charge in [-0.2, -0.15) is 0 Å². The molecule has 1 unspecified atom stereocenters. The van der Waals surface area contributed by atoms with Crippen LogP contribution in [0.25, 0.3) is 0 Å². The summed E-state index contributed by atoms with van der Waals surface area (Å²) in [6, 6.07) is -0.131. The number of hydrogen-bond donors (Lipinski definition) is 1. The Kier molecular flexibility index (Phi) is 4.14. The van der Waals surface area contributed by atoms with Crippen molar-refractivity contribution in [1.82, 2.24) is 15.3 Å². The van der Waals surface area contributed by atoms with E-state index in [0.717, 1.165) is 29.4 Å². The largest absolute Gasteiger partial charge is 0.357 e. The number of carbonyl (C=O) groups excluding carboxylic acids is 1. The van der Waals surface area contributed by atoms with Gasteiger partial charge in [0, 0.05) is 29.6 Å². The van der Waals surface area contributed by atoms with E-state index in [-0.39, 0.29) is 11.9 Å². The highest BCUT2D eigenvalue weighted by molar-refractivity contribution is 14.1. The zero-order chi connectivity index (χ0) is 12.3. The molecule has 2 heterocycles. The first-order valence-electron chi connectivity index (χ1n) is 5.68. The second-order valence-electron chi connectivity index (χ2n) is 4.02. The Bertz CT molecular complexity index is 395. The van der Waals surface area contributed by atoms with Gasteiger partial charge in [-0.1, -0.05) is 0 Å². The molecular formula is C11H15IN4O. The third-order valence-corrected chi connectivity index (χ3v) is 3.47. The van der Waals surface area contributed by atoms with E-state index in [2.05, 4.69) is 37.9 Å². The molecule has 0 aromatic carbocycles. The Morgan fingerprint density at radius 2 is 2.18 bits per heavy atom. The van der Waals surface area contributed by atoms with E-state index in [1.165, 1.54) is 0 Å². The molecule has 1 N–H and O–H groups in total. The Labute approximate surface area is 114 Å². The first kappa shape index (κ1) is 12.5. The van der Waals surface area contributed by atoms with Crippen molar-refractivity contribution >= 4 is 34.4 Å². The van der Waals surface area contributed by atoms with Crippen molar-refractivity contribution in [3.63, 3.8) is 0 Å². The van der Waals surface area contributed by atoms with E-state index < -0.39 is 0 Å². The van der Waals surface area contributed by atoms with Gasteiger partial charge in [-0.05, 0) is 41.9 Å². The van der Waals surface area contributed by atoms with Gasteiger partial charge in [0.25, 0.3) is 0 Å². The number of nitrogens with zero attached hydrogens (tertiary/aromatic N) is 3. The normalized spacial score (nSPS) is 20.1. The molecule has 1 amide bonds. The number of anilines is 1. The van der Waals surface area contributed by atoms with Crippen LogP contribution in [0.5, 0.6) is 0 Å². The number of hydrogen-bond acceptors (Lipinski definition) is 4. The van der Waals surface area contributed by atoms with Gasteiger partial charge < -0.3 is 10.2 Å². The summed E-state index contributed by atoms with van der Waals surface area (Å²) in [7, 11) is 1.67. The number of rotatable bonds is 2. The molecule has 1 fully saturated rings. The van der Waals surface area contributed by atoms with Crippen molar-refractivity contribution in [2.75, 3.05) is 18.5 Å². The molecule has 2 rings (SSSR count). The quantitative estimate of drug-likeness (QED) is 0.818. The van der Waals surface area contributed by atoms with Gasteiger partial charge in [0.05, 0.1) is 0 Å². The van der Waals surface area contributed by atoms with Crippen molar-refractivity contribution in [3.8, 4) is 0 Å². The van der Waals surface area contributed by atoms with Crippen molar-refractivity contribution < 1.29 is 4.79 Å². The van der Waals surface area contributed by atoms with Crippen molar-refractivity contribution in [2.45, 2.75) is 25.3 Å². The lowest BCUT2D eigenvalue weighted by Crippen LogP contribution is -2.49. The van der Waals surface area contributed by atoms with Crippen molar-refractivity contribution in [2.24, 2.45) is 0 Å². The molecule has 1 saturated heterocycles. The lowest BCUT2D eigenvalue weighted by atomic mass is 10.0. The zero-order valence-electron chi connectivity index (χ0n) is 9.69. The van der Waals surface area contributed by atoms with E-state index >= 15 is 0 Å². The fourth-order valence-electron chi connectivity index (χ4n) is 2.06. The summed E-state index contributed by atoms with van der Waals surface area (Å²) >= 11 is 2.17. The van der Waals surface area contributed by atoms with Crippen LogP contribution in [-0.4, -0.2) is 35.5 Å². The van der Waals surface area contributed by atoms with Gasteiger partial charge in [-0.15, -0.1) is 0 Å². The smallest absolute Gasteiger partial charge is 0.242 e. The number of piperidine rings is 1. The Hall–Kier alpha value is -0.920. The van der Waals surface area contributed by atoms with Crippen LogP contribution in [0.15, 0.2) is 12.4 Å². The van der Waals surface area contributed by atoms with Crippen LogP contribution in [0.2, 0.25) is 0 Å². The second-order valence-corrected chi connectivity index (χ2v) is 5.27. The van der Waals surface area contributed by atoms with Gasteiger partial charge >= 0.3 is 0 Å². The summed E-state index contributed by atoms with van der Waals surface area (Å²) in [6.07, 6.45) is 6.59. The summed E-state index contributed by atoms with van der Waals surface area (Å²) in [5.41, 5.74) is 0. The third-order valence-electron chi connectivity index (χ3n) is 2.92. The number of aromatic nitrogens is 2. The van der Waals surface area contributed by atoms with Crippen LogP contribution in [0, 0.1) is 3.57 Å². The molecule has 0 spiro atoms. The number of halogens is 1. The molecule has 92 valence electrons. The molecule has 1 aliphatic rings. The van der Waals surface area contributed by atoms with Crippen LogP contribution in [0.4, 0.5) is 5.95 Å². The van der Waals surface area contributed by atoms with Gasteiger partial charge in [-0.3, -0.25) is 4.79 Å². The molecule has 0 bridgehead atoms. The highest BCUT2D eigenvalue weighted by Crippen LogP contribution is 2.21. The Balaban J connectivity index is 2.21. The summed E-state index contributed by atoms with van der Waals surface area (Å²) in [6.45, 7) is 0.846. The highest BCUT2D eigenvalue weighted by atomic mass is 127. The highest BCUT2D eigenvalue weighted by Gasteiger charge is 2.29. The molecule has 0 saturated carbocycles. The van der Waals surface area contributed by atoms with Gasteiger partial charge in [-0.25, -0.2) is 9.97 Å². The van der Waals surface area contributed by atoms with Crippen molar-refractivity contribution in [1.29, 1.82) is 0 Å². The second kappa shape index (κ2) is 5.61. The fourth-order valence-corrected chi connectivity index (χ4v) is 2.34. The van der Waals surface area contributed by atoms with Crippen LogP contribution >= 0.6 is 22.6 Å². The monoisotopic (exact) mass is 346 g/mol. The minimum absolute atomic E-state index is 0.0480. The maximum Gasteiger partial charge on any atom is 0.242 e. The average Bonchev–Trinajstić information content (AvgIpc) is 2.39. The summed E-state index contributed by atoms with van der Waals surface area (Å²) in [5.74, 6) is 0.700. The van der Waals surface area contributed by atoms with Gasteiger partial charge in [0.15, 0.2) is 0 Å². The topological polar surface area (TPSA) is 58.1 Å². The summed E-state index contributed by atoms with van der Waals surface area (Å²) < 4.78 is 1.000. The number of nitrogens with one attached hydrogen (secondary N) is 1. The molecule has 1 aromatic rings. The number of carbonyl (C=O) groups is 1. The molecule has 17 heavy (non-hydrogen) atoms. The van der Waals surface area contributed by atoms with E-state index in [1.807, 2.05) is 4.90 Å². The maximum atomic E-state index is 11.8. The summed E-state index contributed by atoms with van der Waals surface area (Å²) in [5, 5.41) is 2.71. The van der Waals surface area contributed by atoms with Gasteiger partial charge in [0.2, 0.25) is 11.9 Å². The minimum Gasteiger partial charge on any atom is -0.357 e. The van der Waals surface area contributed by atoms with Gasteiger partial charge in [0.1, 0.15) is 6.04 Å².